The average molecular weight is 366 g/mol. The lowest BCUT2D eigenvalue weighted by atomic mass is 10.0. The van der Waals surface area contributed by atoms with Crippen molar-refractivity contribution in [1.82, 2.24) is 15.2 Å². The molecule has 0 aliphatic carbocycles. The van der Waals surface area contributed by atoms with E-state index in [1.54, 1.807) is 4.68 Å². The normalized spacial score (nSPS) is 12.7. The molecule has 20 heavy (non-hydrogen) atoms. The van der Waals surface area contributed by atoms with Crippen LogP contribution in [0.2, 0.25) is 5.02 Å². The Balaban J connectivity index is 2.58. The molecule has 8 heteroatoms. The predicted octanol–water partition coefficient (Wildman–Crippen LogP) is 3.15. The number of halogens is 4. The van der Waals surface area contributed by atoms with Gasteiger partial charge in [-0.15, -0.1) is 0 Å². The van der Waals surface area contributed by atoms with E-state index in [0.29, 0.717) is 22.8 Å². The summed E-state index contributed by atoms with van der Waals surface area (Å²) in [6.07, 6.45) is 1.48. The molecule has 1 unspecified atom stereocenters. The summed E-state index contributed by atoms with van der Waals surface area (Å²) in [7, 11) is 0. The summed E-state index contributed by atoms with van der Waals surface area (Å²) in [6.45, 7) is 2.46. The minimum absolute atomic E-state index is 0.000342. The maximum atomic E-state index is 13.7. The smallest absolute Gasteiger partial charge is 0.173 e. The molecule has 0 amide bonds. The van der Waals surface area contributed by atoms with Gasteiger partial charge < -0.3 is 0 Å². The highest BCUT2D eigenvalue weighted by molar-refractivity contribution is 9.10. The number of benzene rings is 1. The molecule has 1 aromatic heterocycles. The Hall–Kier alpha value is -1.02. The zero-order valence-electron chi connectivity index (χ0n) is 10.5. The van der Waals surface area contributed by atoms with E-state index in [9.17, 15) is 8.78 Å². The highest BCUT2D eigenvalue weighted by Gasteiger charge is 2.25. The molecule has 1 atom stereocenters. The van der Waals surface area contributed by atoms with Gasteiger partial charge >= 0.3 is 0 Å². The first-order valence-electron chi connectivity index (χ1n) is 5.82. The first-order valence-corrected chi connectivity index (χ1v) is 6.99. The van der Waals surface area contributed by atoms with Gasteiger partial charge in [-0.05, 0) is 34.5 Å². The van der Waals surface area contributed by atoms with Gasteiger partial charge in [0.2, 0.25) is 0 Å². The molecule has 2 aromatic rings. The molecule has 0 radical (unpaired) electrons. The van der Waals surface area contributed by atoms with Crippen molar-refractivity contribution in [3.63, 3.8) is 0 Å². The van der Waals surface area contributed by atoms with Gasteiger partial charge in [-0.2, -0.15) is 5.10 Å². The topological polar surface area (TPSA) is 55.9 Å². The summed E-state index contributed by atoms with van der Waals surface area (Å²) in [5.41, 5.74) is 3.58. The average Bonchev–Trinajstić information content (AvgIpc) is 2.81. The molecule has 1 aromatic carbocycles. The van der Waals surface area contributed by atoms with E-state index in [0.717, 1.165) is 6.07 Å². The number of hydrogen-bond donors (Lipinski definition) is 2. The van der Waals surface area contributed by atoms with Crippen LogP contribution in [0.1, 0.15) is 24.2 Å². The Kier molecular flexibility index (Phi) is 4.74. The second-order valence-electron chi connectivity index (χ2n) is 4.06. The van der Waals surface area contributed by atoms with Crippen molar-refractivity contribution in [3.05, 3.63) is 50.7 Å². The molecule has 108 valence electrons. The number of nitrogens with one attached hydrogen (secondary N) is 1. The molecule has 0 aliphatic heterocycles. The first-order chi connectivity index (χ1) is 9.51. The van der Waals surface area contributed by atoms with Gasteiger partial charge in [0, 0.05) is 6.54 Å². The summed E-state index contributed by atoms with van der Waals surface area (Å²) in [4.78, 5) is 0. The van der Waals surface area contributed by atoms with Crippen LogP contribution in [0, 0.1) is 11.6 Å². The van der Waals surface area contributed by atoms with Crippen LogP contribution >= 0.6 is 27.5 Å². The van der Waals surface area contributed by atoms with E-state index >= 15 is 0 Å². The van der Waals surface area contributed by atoms with Crippen molar-refractivity contribution in [2.45, 2.75) is 19.5 Å². The van der Waals surface area contributed by atoms with E-state index in [-0.39, 0.29) is 4.47 Å². The van der Waals surface area contributed by atoms with Crippen LogP contribution in [0.3, 0.4) is 0 Å². The van der Waals surface area contributed by atoms with Crippen molar-refractivity contribution in [1.29, 1.82) is 0 Å². The number of aryl methyl sites for hydroxylation is 1. The van der Waals surface area contributed by atoms with Crippen LogP contribution in [0.5, 0.6) is 0 Å². The molecule has 0 saturated carbocycles. The highest BCUT2D eigenvalue weighted by atomic mass is 79.9. The van der Waals surface area contributed by atoms with Gasteiger partial charge in [0.1, 0.15) is 0 Å². The molecule has 0 bridgehead atoms. The quantitative estimate of drug-likeness (QED) is 0.497. The first kappa shape index (κ1) is 15.4. The predicted molar refractivity (Wildman–Crippen MR) is 76.1 cm³/mol. The molecule has 0 saturated heterocycles. The Morgan fingerprint density at radius 3 is 2.80 bits per heavy atom. The third-order valence-electron chi connectivity index (χ3n) is 2.95. The highest BCUT2D eigenvalue weighted by Crippen LogP contribution is 2.34. The maximum Gasteiger partial charge on any atom is 0.173 e. The number of aromatic nitrogens is 2. The summed E-state index contributed by atoms with van der Waals surface area (Å²) < 4.78 is 28.5. The molecule has 0 aliphatic rings. The molecular formula is C12H12BrClF2N4. The number of nitrogens with zero attached hydrogens (tertiary/aromatic N) is 2. The second kappa shape index (κ2) is 6.17. The Morgan fingerprint density at radius 2 is 2.20 bits per heavy atom. The van der Waals surface area contributed by atoms with Crippen molar-refractivity contribution in [2.75, 3.05) is 0 Å². The molecule has 2 rings (SSSR count). The fraction of sp³-hybridized carbons (Fsp3) is 0.250. The third-order valence-corrected chi connectivity index (χ3v) is 4.05. The number of rotatable bonds is 4. The van der Waals surface area contributed by atoms with Gasteiger partial charge in [-0.25, -0.2) is 14.2 Å². The number of hydrogen-bond acceptors (Lipinski definition) is 3. The van der Waals surface area contributed by atoms with E-state index in [4.69, 9.17) is 17.4 Å². The molecule has 3 N–H and O–H groups in total. The van der Waals surface area contributed by atoms with E-state index in [1.807, 2.05) is 6.92 Å². The largest absolute Gasteiger partial charge is 0.271 e. The molecule has 0 spiro atoms. The lowest BCUT2D eigenvalue weighted by molar-refractivity contribution is 0.494. The molecule has 0 fully saturated rings. The summed E-state index contributed by atoms with van der Waals surface area (Å²) >= 11 is 9.15. The van der Waals surface area contributed by atoms with Gasteiger partial charge in [0.15, 0.2) is 11.6 Å². The lowest BCUT2D eigenvalue weighted by Gasteiger charge is -2.20. The minimum Gasteiger partial charge on any atom is -0.271 e. The van der Waals surface area contributed by atoms with Crippen LogP contribution in [0.15, 0.2) is 22.8 Å². The van der Waals surface area contributed by atoms with Gasteiger partial charge in [-0.3, -0.25) is 10.5 Å². The van der Waals surface area contributed by atoms with E-state index in [1.165, 1.54) is 12.3 Å². The van der Waals surface area contributed by atoms with Gasteiger partial charge in [-0.1, -0.05) is 17.7 Å². The monoisotopic (exact) mass is 364 g/mol. The summed E-state index contributed by atoms with van der Waals surface area (Å²) in [5.74, 6) is 3.65. The van der Waals surface area contributed by atoms with Gasteiger partial charge in [0.05, 0.1) is 27.4 Å². The van der Waals surface area contributed by atoms with Crippen LogP contribution in [0.25, 0.3) is 0 Å². The SMILES string of the molecule is CCn1ncc(Cl)c1C(NN)c1ccc(F)c(F)c1Br. The standard InChI is InChI=1S/C12H12BrClF2N4/c1-2-20-12(7(14)5-18-20)11(19-17)6-3-4-8(15)10(16)9(6)13/h3-5,11,19H,2,17H2,1H3. The molecule has 4 nitrogen and oxygen atoms in total. The third kappa shape index (κ3) is 2.58. The Bertz CT molecular complexity index is 632. The van der Waals surface area contributed by atoms with Crippen LogP contribution in [-0.4, -0.2) is 9.78 Å². The summed E-state index contributed by atoms with van der Waals surface area (Å²) in [5, 5.41) is 4.50. The maximum absolute atomic E-state index is 13.7. The summed E-state index contributed by atoms with van der Waals surface area (Å²) in [6, 6.07) is 1.87. The van der Waals surface area contributed by atoms with Crippen molar-refractivity contribution >= 4 is 27.5 Å². The Labute approximate surface area is 128 Å². The van der Waals surface area contributed by atoms with Crippen LogP contribution < -0.4 is 11.3 Å². The van der Waals surface area contributed by atoms with E-state index in [2.05, 4.69) is 26.5 Å². The molecule has 1 heterocycles. The lowest BCUT2D eigenvalue weighted by Crippen LogP contribution is -2.31. The fourth-order valence-corrected chi connectivity index (χ4v) is 2.79. The number of hydrazine groups is 1. The number of nitrogens with two attached hydrogens (primary N) is 1. The zero-order chi connectivity index (χ0) is 14.9. The Morgan fingerprint density at radius 1 is 1.50 bits per heavy atom. The van der Waals surface area contributed by atoms with Crippen LogP contribution in [0.4, 0.5) is 8.78 Å². The minimum atomic E-state index is -0.971. The zero-order valence-corrected chi connectivity index (χ0v) is 12.8. The van der Waals surface area contributed by atoms with Crippen molar-refractivity contribution in [3.8, 4) is 0 Å². The van der Waals surface area contributed by atoms with Crippen molar-refractivity contribution < 1.29 is 8.78 Å². The van der Waals surface area contributed by atoms with Crippen molar-refractivity contribution in [2.24, 2.45) is 5.84 Å². The molecular weight excluding hydrogens is 354 g/mol. The fourth-order valence-electron chi connectivity index (χ4n) is 1.99. The second-order valence-corrected chi connectivity index (χ2v) is 5.26. The van der Waals surface area contributed by atoms with Gasteiger partial charge in [0.25, 0.3) is 0 Å². The van der Waals surface area contributed by atoms with Crippen LogP contribution in [-0.2, 0) is 6.54 Å². The van der Waals surface area contributed by atoms with E-state index < -0.39 is 17.7 Å².